The number of rotatable bonds is 4. The van der Waals surface area contributed by atoms with Crippen LogP contribution in [-0.4, -0.2) is 70.3 Å². The van der Waals surface area contributed by atoms with Gasteiger partial charge in [0.2, 0.25) is 5.91 Å². The molecule has 1 amide bonds. The van der Waals surface area contributed by atoms with Crippen LogP contribution in [0.4, 0.5) is 5.69 Å². The molecule has 8 heteroatoms. The molecule has 3 aromatic rings. The Hall–Kier alpha value is -2.71. The number of fused-ring (bicyclic) bond motifs is 3. The third-order valence-electron chi connectivity index (χ3n) is 7.96. The predicted octanol–water partition coefficient (Wildman–Crippen LogP) is 3.07. The summed E-state index contributed by atoms with van der Waals surface area (Å²) in [5.41, 5.74) is 6.08. The number of hydrogen-bond acceptors (Lipinski definition) is 5. The third-order valence-corrected chi connectivity index (χ3v) is 7.96. The lowest BCUT2D eigenvalue weighted by Crippen LogP contribution is -2.50. The van der Waals surface area contributed by atoms with Crippen molar-refractivity contribution in [1.29, 1.82) is 0 Å². The Balaban J connectivity index is 1.36. The number of nitrogens with zero attached hydrogens (tertiary/aromatic N) is 4. The molecule has 2 aromatic heterocycles. The van der Waals surface area contributed by atoms with Gasteiger partial charge in [0.25, 0.3) is 0 Å². The van der Waals surface area contributed by atoms with E-state index in [1.54, 1.807) is 13.0 Å². The van der Waals surface area contributed by atoms with Crippen LogP contribution >= 0.6 is 0 Å². The molecule has 33 heavy (non-hydrogen) atoms. The van der Waals surface area contributed by atoms with Gasteiger partial charge >= 0.3 is 0 Å². The summed E-state index contributed by atoms with van der Waals surface area (Å²) in [6.45, 7) is 5.54. The largest absolute Gasteiger partial charge is 0.379 e. The van der Waals surface area contributed by atoms with Crippen molar-refractivity contribution in [1.82, 2.24) is 25.1 Å². The molecule has 8 nitrogen and oxygen atoms in total. The van der Waals surface area contributed by atoms with Gasteiger partial charge in [0.15, 0.2) is 5.82 Å². The van der Waals surface area contributed by atoms with Crippen molar-refractivity contribution in [2.45, 2.75) is 46.1 Å². The van der Waals surface area contributed by atoms with E-state index >= 15 is 0 Å². The molecule has 1 aromatic carbocycles. The van der Waals surface area contributed by atoms with E-state index in [4.69, 9.17) is 13.8 Å². The zero-order chi connectivity index (χ0) is 25.4. The van der Waals surface area contributed by atoms with Crippen molar-refractivity contribution in [3.05, 3.63) is 29.0 Å². The van der Waals surface area contributed by atoms with Gasteiger partial charge in [-0.25, -0.2) is 4.98 Å². The van der Waals surface area contributed by atoms with Gasteiger partial charge in [-0.3, -0.25) is 14.8 Å². The maximum absolute atomic E-state index is 13.5. The average molecular weight is 453 g/mol. The van der Waals surface area contributed by atoms with E-state index in [2.05, 4.69) is 22.1 Å². The van der Waals surface area contributed by atoms with Crippen molar-refractivity contribution in [2.75, 3.05) is 38.2 Å². The van der Waals surface area contributed by atoms with Crippen LogP contribution in [0.5, 0.6) is 0 Å². The van der Waals surface area contributed by atoms with Gasteiger partial charge in [-0.2, -0.15) is 5.10 Å². The fraction of sp³-hybridized carbons (Fsp3) is 0.560. The fourth-order valence-electron chi connectivity index (χ4n) is 5.59. The molecule has 0 radical (unpaired) electrons. The number of likely N-dealkylation sites (N-methyl/N-ethyl adjacent to an activating group) is 1. The molecule has 3 atom stereocenters. The molecule has 2 aliphatic carbocycles. The summed E-state index contributed by atoms with van der Waals surface area (Å²) >= 11 is 0. The topological polar surface area (TPSA) is 90.1 Å². The highest BCUT2D eigenvalue weighted by Gasteiger charge is 2.53. The number of carbonyl (C=O) groups is 1. The lowest BCUT2D eigenvalue weighted by Gasteiger charge is -2.33. The molecule has 0 bridgehead atoms. The first-order valence-electron chi connectivity index (χ1n) is 13.3. The van der Waals surface area contributed by atoms with E-state index in [0.29, 0.717) is 60.2 Å². The highest BCUT2D eigenvalue weighted by molar-refractivity contribution is 5.99. The number of benzene rings is 1. The highest BCUT2D eigenvalue weighted by Crippen LogP contribution is 2.59. The van der Waals surface area contributed by atoms with Crippen LogP contribution in [0.15, 0.2) is 12.1 Å². The Morgan fingerprint density at radius 3 is 3.00 bits per heavy atom. The van der Waals surface area contributed by atoms with Crippen LogP contribution in [0.25, 0.3) is 22.6 Å². The van der Waals surface area contributed by atoms with Crippen LogP contribution in [0.2, 0.25) is 0 Å². The van der Waals surface area contributed by atoms with Crippen LogP contribution in [0.1, 0.15) is 41.2 Å². The summed E-state index contributed by atoms with van der Waals surface area (Å²) in [7, 11) is 0. The normalized spacial score (nSPS) is 27.2. The lowest BCUT2D eigenvalue weighted by atomic mass is 9.88. The van der Waals surface area contributed by atoms with Gasteiger partial charge in [0.1, 0.15) is 5.69 Å². The minimum Gasteiger partial charge on any atom is -0.379 e. The fourth-order valence-corrected chi connectivity index (χ4v) is 5.59. The molecule has 1 saturated heterocycles. The smallest absolute Gasteiger partial charge is 0.243 e. The van der Waals surface area contributed by atoms with Gasteiger partial charge < -0.3 is 14.6 Å². The number of carbonyl (C=O) groups excluding carboxylic acids is 1. The van der Waals surface area contributed by atoms with E-state index in [-0.39, 0.29) is 0 Å². The molecule has 0 spiro atoms. The van der Waals surface area contributed by atoms with Crippen molar-refractivity contribution >= 4 is 22.6 Å². The van der Waals surface area contributed by atoms with Crippen LogP contribution in [0.3, 0.4) is 0 Å². The number of aromatic amines is 2. The van der Waals surface area contributed by atoms with Gasteiger partial charge in [0, 0.05) is 41.1 Å². The number of imidazole rings is 1. The Labute approximate surface area is 197 Å². The standard InChI is InChI=1S/C25H32N6O2/c1-14-9-18-19(11-21(14)30(4)24(32)15(2)31-5-7-33-8-6-31)27-23(26-18)22-17-10-16-12-25(16,3)13-20(17)28-29-22/h9,11,15-16H,5-8,10,12-13H2,1-4H3,(H,26,27)(H,28,29)/t15-,16+,25+/m0/s1/i4+1D3. The number of anilines is 1. The Kier molecular flexibility index (Phi) is 3.97. The summed E-state index contributed by atoms with van der Waals surface area (Å²) in [5.74, 6) is 0.910. The van der Waals surface area contributed by atoms with Gasteiger partial charge in [-0.1, -0.05) is 6.92 Å². The van der Waals surface area contributed by atoms with E-state index in [1.165, 1.54) is 17.7 Å². The monoisotopic (exact) mass is 452 g/mol. The molecule has 2 fully saturated rings. The molecule has 2 N–H and O–H groups in total. The van der Waals surface area contributed by atoms with Crippen molar-refractivity contribution in [2.24, 2.45) is 11.3 Å². The summed E-state index contributed by atoms with van der Waals surface area (Å²) in [6, 6.07) is 2.99. The Morgan fingerprint density at radius 1 is 1.39 bits per heavy atom. The average Bonchev–Trinajstić information content (AvgIpc) is 3.11. The van der Waals surface area contributed by atoms with E-state index in [9.17, 15) is 4.79 Å². The minimum absolute atomic E-state index is 0.350. The number of aromatic nitrogens is 4. The number of amides is 1. The second kappa shape index (κ2) is 7.40. The van der Waals surface area contributed by atoms with E-state index < -0.39 is 18.9 Å². The summed E-state index contributed by atoms with van der Waals surface area (Å²) in [4.78, 5) is 24.6. The second-order valence-corrected chi connectivity index (χ2v) is 10.2. The first-order valence-corrected chi connectivity index (χ1v) is 11.8. The second-order valence-electron chi connectivity index (χ2n) is 10.2. The van der Waals surface area contributed by atoms with Crippen molar-refractivity contribution in [3.8, 4) is 11.5 Å². The molecule has 1 aliphatic heterocycles. The number of hydrogen-bond donors (Lipinski definition) is 2. The predicted molar refractivity (Wildman–Crippen MR) is 127 cm³/mol. The number of nitrogens with one attached hydrogen (secondary N) is 2. The Morgan fingerprint density at radius 2 is 2.21 bits per heavy atom. The third kappa shape index (κ3) is 3.38. The summed E-state index contributed by atoms with van der Waals surface area (Å²) in [5, 5.41) is 7.80. The van der Waals surface area contributed by atoms with Gasteiger partial charge in [-0.15, -0.1) is 0 Å². The van der Waals surface area contributed by atoms with Crippen molar-refractivity contribution < 1.29 is 13.6 Å². The zero-order valence-corrected chi connectivity index (χ0v) is 19.4. The number of morpholine rings is 1. The molecular formula is C25H32N6O2. The number of ether oxygens (including phenoxy) is 1. The lowest BCUT2D eigenvalue weighted by molar-refractivity contribution is -0.124. The highest BCUT2D eigenvalue weighted by atomic mass is 16.5. The Bertz CT molecular complexity index is 1340. The molecule has 6 rings (SSSR count). The van der Waals surface area contributed by atoms with Gasteiger partial charge in [0.05, 0.1) is 30.3 Å². The molecule has 1 saturated carbocycles. The first-order chi connectivity index (χ1) is 17.0. The van der Waals surface area contributed by atoms with Crippen LogP contribution in [0, 0.1) is 18.3 Å². The maximum atomic E-state index is 13.5. The minimum atomic E-state index is -2.63. The quantitative estimate of drug-likeness (QED) is 0.594. The molecule has 3 aliphatic rings. The molecule has 174 valence electrons. The number of aryl methyl sites for hydroxylation is 1. The molecule has 3 heterocycles. The molecular weight excluding hydrogens is 417 g/mol. The van der Waals surface area contributed by atoms with Crippen LogP contribution < -0.4 is 4.90 Å². The summed E-state index contributed by atoms with van der Waals surface area (Å²) in [6.07, 6.45) is 3.26. The van der Waals surface area contributed by atoms with Crippen molar-refractivity contribution in [3.63, 3.8) is 0 Å². The van der Waals surface area contributed by atoms with E-state index in [1.807, 2.05) is 17.9 Å². The van der Waals surface area contributed by atoms with Crippen LogP contribution in [-0.2, 0) is 22.4 Å². The SMILES string of the molecule is [2H][13C]([2H])([2H])N(C(=O)[C@H](C)N1CCOCC1)c1cc2nc(-c3n[nH]c4c3C[C@@H]3C[C@]3(C)C4)[nH]c2cc1C. The first kappa shape index (κ1) is 17.7. The zero-order valence-electron chi connectivity index (χ0n) is 22.4. The molecule has 0 unspecified atom stereocenters. The van der Waals surface area contributed by atoms with Gasteiger partial charge in [-0.05, 0) is 62.1 Å². The maximum Gasteiger partial charge on any atom is 0.243 e. The number of H-pyrrole nitrogens is 2. The van der Waals surface area contributed by atoms with E-state index in [0.717, 1.165) is 29.0 Å². The summed E-state index contributed by atoms with van der Waals surface area (Å²) < 4.78 is 29.9.